The molecule has 0 spiro atoms. The van der Waals surface area contributed by atoms with Crippen LogP contribution in [0, 0.1) is 0 Å². The highest BCUT2D eigenvalue weighted by Gasteiger charge is 2.08. The summed E-state index contributed by atoms with van der Waals surface area (Å²) in [6.45, 7) is 1.51. The van der Waals surface area contributed by atoms with E-state index in [4.69, 9.17) is 4.74 Å². The molecule has 3 rings (SSSR count). The van der Waals surface area contributed by atoms with E-state index in [0.29, 0.717) is 28.6 Å². The summed E-state index contributed by atoms with van der Waals surface area (Å²) in [5, 5.41) is 0.410. The molecule has 26 heavy (non-hydrogen) atoms. The lowest BCUT2D eigenvalue weighted by Gasteiger charge is -2.10. The maximum Gasteiger partial charge on any atom is 0.280 e. The summed E-state index contributed by atoms with van der Waals surface area (Å²) < 4.78 is 6.40. The van der Waals surface area contributed by atoms with Crippen LogP contribution in [0.5, 0.6) is 5.75 Å². The van der Waals surface area contributed by atoms with Gasteiger partial charge in [-0.25, -0.2) is 9.66 Å². The van der Waals surface area contributed by atoms with Crippen LogP contribution in [-0.2, 0) is 4.79 Å². The molecule has 7 nitrogen and oxygen atoms in total. The highest BCUT2D eigenvalue weighted by Crippen LogP contribution is 2.13. The Morgan fingerprint density at radius 3 is 2.58 bits per heavy atom. The standard InChI is InChI=1S/C19H17N3O4/c1-2-17(23)13-7-9-14(10-8-13)26-11-18(24)21-22-12-20-16-6-4-3-5-15(16)19(22)25/h3-10,12H,2,11H2,1H3,(H,21,24). The van der Waals surface area contributed by atoms with Crippen LogP contribution in [0.2, 0.25) is 0 Å². The Morgan fingerprint density at radius 2 is 1.85 bits per heavy atom. The molecule has 0 saturated heterocycles. The van der Waals surface area contributed by atoms with Crippen LogP contribution in [0.15, 0.2) is 59.7 Å². The summed E-state index contributed by atoms with van der Waals surface area (Å²) in [7, 11) is 0. The quantitative estimate of drug-likeness (QED) is 0.687. The lowest BCUT2D eigenvalue weighted by atomic mass is 10.1. The smallest absolute Gasteiger partial charge is 0.280 e. The van der Waals surface area contributed by atoms with Crippen LogP contribution in [0.4, 0.5) is 0 Å². The van der Waals surface area contributed by atoms with E-state index in [1.807, 2.05) is 0 Å². The molecule has 1 aromatic heterocycles. The van der Waals surface area contributed by atoms with Crippen molar-refractivity contribution in [2.75, 3.05) is 12.0 Å². The Morgan fingerprint density at radius 1 is 1.12 bits per heavy atom. The zero-order valence-electron chi connectivity index (χ0n) is 14.1. The van der Waals surface area contributed by atoms with E-state index in [1.165, 1.54) is 6.33 Å². The molecule has 0 atom stereocenters. The van der Waals surface area contributed by atoms with Crippen LogP contribution in [0.1, 0.15) is 23.7 Å². The maximum atomic E-state index is 12.3. The number of ether oxygens (including phenoxy) is 1. The van der Waals surface area contributed by atoms with Crippen LogP contribution in [0.25, 0.3) is 10.9 Å². The number of nitrogens with one attached hydrogen (secondary N) is 1. The minimum Gasteiger partial charge on any atom is -0.484 e. The first-order chi connectivity index (χ1) is 12.6. The molecule has 0 aliphatic carbocycles. The molecule has 0 saturated carbocycles. The number of aromatic nitrogens is 2. The van der Waals surface area contributed by atoms with Crippen molar-refractivity contribution in [1.29, 1.82) is 0 Å². The predicted octanol–water partition coefficient (Wildman–Crippen LogP) is 2.14. The number of rotatable bonds is 6. The summed E-state index contributed by atoms with van der Waals surface area (Å²) >= 11 is 0. The normalized spacial score (nSPS) is 10.5. The summed E-state index contributed by atoms with van der Waals surface area (Å²) in [5.41, 5.74) is 3.22. The monoisotopic (exact) mass is 351 g/mol. The van der Waals surface area contributed by atoms with E-state index in [2.05, 4.69) is 10.4 Å². The fourth-order valence-corrected chi connectivity index (χ4v) is 2.41. The highest BCUT2D eigenvalue weighted by atomic mass is 16.5. The Bertz CT molecular complexity index is 1010. The number of hydrogen-bond donors (Lipinski definition) is 1. The number of ketones is 1. The molecular weight excluding hydrogens is 334 g/mol. The van der Waals surface area contributed by atoms with Gasteiger partial charge in [0.05, 0.1) is 10.9 Å². The number of amides is 1. The molecule has 7 heteroatoms. The Balaban J connectivity index is 1.63. The molecule has 0 unspecified atom stereocenters. The SMILES string of the molecule is CCC(=O)c1ccc(OCC(=O)Nn2cnc3ccccc3c2=O)cc1. The second kappa shape index (κ2) is 7.60. The molecule has 0 aliphatic heterocycles. The minimum atomic E-state index is -0.502. The third-order valence-corrected chi connectivity index (χ3v) is 3.78. The Labute approximate surface area is 149 Å². The molecule has 2 aromatic carbocycles. The zero-order valence-corrected chi connectivity index (χ0v) is 14.1. The number of fused-ring (bicyclic) bond motifs is 1. The number of nitrogens with zero attached hydrogens (tertiary/aromatic N) is 2. The van der Waals surface area contributed by atoms with Gasteiger partial charge in [-0.1, -0.05) is 19.1 Å². The van der Waals surface area contributed by atoms with Gasteiger partial charge < -0.3 is 4.74 Å². The summed E-state index contributed by atoms with van der Waals surface area (Å²) in [6, 6.07) is 13.4. The lowest BCUT2D eigenvalue weighted by Crippen LogP contribution is -2.35. The van der Waals surface area contributed by atoms with Gasteiger partial charge in [0.2, 0.25) is 0 Å². The third kappa shape index (κ3) is 3.77. The van der Waals surface area contributed by atoms with Crippen LogP contribution in [-0.4, -0.2) is 28.0 Å². The zero-order chi connectivity index (χ0) is 18.5. The van der Waals surface area contributed by atoms with Crippen molar-refractivity contribution in [3.05, 3.63) is 70.8 Å². The first-order valence-corrected chi connectivity index (χ1v) is 8.11. The third-order valence-electron chi connectivity index (χ3n) is 3.78. The Kier molecular flexibility index (Phi) is 5.07. The van der Waals surface area contributed by atoms with E-state index < -0.39 is 5.91 Å². The van der Waals surface area contributed by atoms with Gasteiger partial charge in [-0.15, -0.1) is 0 Å². The topological polar surface area (TPSA) is 90.3 Å². The van der Waals surface area contributed by atoms with Gasteiger partial charge in [-0.3, -0.25) is 19.8 Å². The average Bonchev–Trinajstić information content (AvgIpc) is 2.68. The van der Waals surface area contributed by atoms with Gasteiger partial charge >= 0.3 is 0 Å². The van der Waals surface area contributed by atoms with Gasteiger partial charge in [-0.2, -0.15) is 0 Å². The fraction of sp³-hybridized carbons (Fsp3) is 0.158. The van der Waals surface area contributed by atoms with Crippen molar-refractivity contribution in [2.24, 2.45) is 0 Å². The molecule has 0 fully saturated rings. The molecule has 3 aromatic rings. The van der Waals surface area contributed by atoms with Crippen LogP contribution < -0.4 is 15.7 Å². The predicted molar refractivity (Wildman–Crippen MR) is 96.9 cm³/mol. The van der Waals surface area contributed by atoms with Crippen molar-refractivity contribution in [3.8, 4) is 5.75 Å². The van der Waals surface area contributed by atoms with E-state index in [-0.39, 0.29) is 17.9 Å². The summed E-state index contributed by atoms with van der Waals surface area (Å²) in [4.78, 5) is 40.0. The van der Waals surface area contributed by atoms with Crippen molar-refractivity contribution >= 4 is 22.6 Å². The maximum absolute atomic E-state index is 12.3. The number of carbonyl (C=O) groups excluding carboxylic acids is 2. The van der Waals surface area contributed by atoms with Crippen molar-refractivity contribution in [1.82, 2.24) is 9.66 Å². The average molecular weight is 351 g/mol. The molecule has 132 valence electrons. The van der Waals surface area contributed by atoms with Crippen molar-refractivity contribution < 1.29 is 14.3 Å². The number of Topliss-reactive ketones (excluding diaryl/α,β-unsaturated/α-hetero) is 1. The molecule has 1 heterocycles. The van der Waals surface area contributed by atoms with Gasteiger partial charge in [0.15, 0.2) is 12.4 Å². The van der Waals surface area contributed by atoms with E-state index in [0.717, 1.165) is 4.68 Å². The molecule has 0 aliphatic rings. The molecule has 1 N–H and O–H groups in total. The highest BCUT2D eigenvalue weighted by molar-refractivity contribution is 5.95. The molecular formula is C19H17N3O4. The van der Waals surface area contributed by atoms with Gasteiger partial charge in [-0.05, 0) is 36.4 Å². The lowest BCUT2D eigenvalue weighted by molar-refractivity contribution is -0.119. The first-order valence-electron chi connectivity index (χ1n) is 8.11. The Hall–Kier alpha value is -3.48. The molecule has 0 bridgehead atoms. The number of carbonyl (C=O) groups is 2. The van der Waals surface area contributed by atoms with E-state index in [1.54, 1.807) is 55.5 Å². The fourth-order valence-electron chi connectivity index (χ4n) is 2.41. The van der Waals surface area contributed by atoms with Crippen LogP contribution in [0.3, 0.4) is 0 Å². The van der Waals surface area contributed by atoms with Crippen molar-refractivity contribution in [2.45, 2.75) is 13.3 Å². The molecule has 1 amide bonds. The second-order valence-corrected chi connectivity index (χ2v) is 5.56. The van der Waals surface area contributed by atoms with E-state index >= 15 is 0 Å². The van der Waals surface area contributed by atoms with E-state index in [9.17, 15) is 14.4 Å². The largest absolute Gasteiger partial charge is 0.484 e. The second-order valence-electron chi connectivity index (χ2n) is 5.56. The van der Waals surface area contributed by atoms with Gasteiger partial charge in [0, 0.05) is 12.0 Å². The number of benzene rings is 2. The van der Waals surface area contributed by atoms with Gasteiger partial charge in [0.1, 0.15) is 12.1 Å². The summed E-state index contributed by atoms with van der Waals surface area (Å²) in [6.07, 6.45) is 1.69. The molecule has 0 radical (unpaired) electrons. The van der Waals surface area contributed by atoms with Gasteiger partial charge in [0.25, 0.3) is 11.5 Å². The van der Waals surface area contributed by atoms with Crippen LogP contribution >= 0.6 is 0 Å². The first kappa shape index (κ1) is 17.3. The minimum absolute atomic E-state index is 0.0393. The van der Waals surface area contributed by atoms with Crippen molar-refractivity contribution in [3.63, 3.8) is 0 Å². The number of para-hydroxylation sites is 1. The summed E-state index contributed by atoms with van der Waals surface area (Å²) in [5.74, 6) is -0.00727. The number of hydrogen-bond acceptors (Lipinski definition) is 5.